The average Bonchev–Trinajstić information content (AvgIpc) is 2.61. The number of nitrogens with zero attached hydrogens (tertiary/aromatic N) is 1. The summed E-state index contributed by atoms with van der Waals surface area (Å²) < 4.78 is 27.6. The number of rotatable bonds is 4. The van der Waals surface area contributed by atoms with E-state index in [1.807, 2.05) is 0 Å². The van der Waals surface area contributed by atoms with Crippen LogP contribution >= 0.6 is 11.6 Å². The Hall–Kier alpha value is -2.99. The van der Waals surface area contributed by atoms with Crippen molar-refractivity contribution in [2.24, 2.45) is 0 Å². The second-order valence-electron chi connectivity index (χ2n) is 5.53. The molecule has 0 atom stereocenters. The maximum absolute atomic E-state index is 13.3. The highest BCUT2D eigenvalue weighted by molar-refractivity contribution is 6.31. The summed E-state index contributed by atoms with van der Waals surface area (Å²) in [6, 6.07) is 12.9. The van der Waals surface area contributed by atoms with Gasteiger partial charge in [0.05, 0.1) is 6.54 Å². The van der Waals surface area contributed by atoms with E-state index in [0.29, 0.717) is 5.02 Å². The lowest BCUT2D eigenvalue weighted by atomic mass is 10.2. The number of hydrogen-bond acceptors (Lipinski definition) is 2. The highest BCUT2D eigenvalue weighted by Gasteiger charge is 2.14. The molecule has 0 aliphatic carbocycles. The molecule has 3 aromatic rings. The molecule has 1 aromatic heterocycles. The summed E-state index contributed by atoms with van der Waals surface area (Å²) in [6.07, 6.45) is 1.54. The minimum Gasteiger partial charge on any atom is -0.322 e. The summed E-state index contributed by atoms with van der Waals surface area (Å²) in [5.74, 6) is -2.83. The molecule has 26 heavy (non-hydrogen) atoms. The number of hydrogen-bond donors (Lipinski definition) is 1. The Labute approximate surface area is 152 Å². The third-order valence-electron chi connectivity index (χ3n) is 3.74. The Morgan fingerprint density at radius 1 is 1.04 bits per heavy atom. The molecule has 4 nitrogen and oxygen atoms in total. The normalized spacial score (nSPS) is 10.6. The molecule has 0 saturated heterocycles. The fourth-order valence-electron chi connectivity index (χ4n) is 2.42. The van der Waals surface area contributed by atoms with E-state index in [0.717, 1.165) is 17.7 Å². The van der Waals surface area contributed by atoms with Gasteiger partial charge in [-0.25, -0.2) is 8.78 Å². The first kappa shape index (κ1) is 17.8. The minimum absolute atomic E-state index is 0.0507. The molecular formula is C19H13ClF2N2O2. The maximum atomic E-state index is 13.3. The standard InChI is InChI=1S/C19H13ClF2N2O2/c20-15-6-2-1-4-12(15)11-24-9-3-5-14(19(24)26)18(25)23-13-7-8-16(21)17(22)10-13/h1-10H,11H2,(H,23,25). The van der Waals surface area contributed by atoms with Gasteiger partial charge in [0.15, 0.2) is 11.6 Å². The molecule has 0 bridgehead atoms. The number of nitrogens with one attached hydrogen (secondary N) is 1. The van der Waals surface area contributed by atoms with E-state index in [-0.39, 0.29) is 17.8 Å². The quantitative estimate of drug-likeness (QED) is 0.748. The van der Waals surface area contributed by atoms with Gasteiger partial charge in [-0.2, -0.15) is 0 Å². The van der Waals surface area contributed by atoms with Crippen LogP contribution < -0.4 is 10.9 Å². The van der Waals surface area contributed by atoms with Crippen molar-refractivity contribution in [3.8, 4) is 0 Å². The predicted octanol–water partition coefficient (Wildman–Crippen LogP) is 4.08. The average molecular weight is 375 g/mol. The molecule has 0 saturated carbocycles. The Morgan fingerprint density at radius 2 is 1.81 bits per heavy atom. The molecule has 7 heteroatoms. The van der Waals surface area contributed by atoms with E-state index < -0.39 is 23.1 Å². The van der Waals surface area contributed by atoms with Crippen molar-refractivity contribution in [2.45, 2.75) is 6.54 Å². The summed E-state index contributed by atoms with van der Waals surface area (Å²) in [6.45, 7) is 0.199. The number of halogens is 3. The van der Waals surface area contributed by atoms with Crippen LogP contribution in [0, 0.1) is 11.6 Å². The van der Waals surface area contributed by atoms with E-state index in [1.54, 1.807) is 36.5 Å². The molecule has 132 valence electrons. The van der Waals surface area contributed by atoms with Gasteiger partial charge in [0, 0.05) is 23.0 Å². The Kier molecular flexibility index (Phi) is 5.14. The van der Waals surface area contributed by atoms with Gasteiger partial charge < -0.3 is 9.88 Å². The third-order valence-corrected chi connectivity index (χ3v) is 4.11. The van der Waals surface area contributed by atoms with Crippen LogP contribution in [0.1, 0.15) is 15.9 Å². The van der Waals surface area contributed by atoms with Crippen LogP contribution in [0.15, 0.2) is 65.6 Å². The van der Waals surface area contributed by atoms with Crippen molar-refractivity contribution in [2.75, 3.05) is 5.32 Å². The molecule has 2 aromatic carbocycles. The van der Waals surface area contributed by atoms with Crippen LogP contribution in [-0.2, 0) is 6.54 Å². The van der Waals surface area contributed by atoms with E-state index in [4.69, 9.17) is 11.6 Å². The summed E-state index contributed by atoms with van der Waals surface area (Å²) in [5.41, 5.74) is 0.140. The molecule has 0 fully saturated rings. The summed E-state index contributed by atoms with van der Waals surface area (Å²) in [4.78, 5) is 24.9. The zero-order valence-corrected chi connectivity index (χ0v) is 14.1. The number of aromatic nitrogens is 1. The van der Waals surface area contributed by atoms with Crippen molar-refractivity contribution >= 4 is 23.2 Å². The third kappa shape index (κ3) is 3.81. The van der Waals surface area contributed by atoms with Crippen molar-refractivity contribution < 1.29 is 13.6 Å². The van der Waals surface area contributed by atoms with Crippen molar-refractivity contribution in [3.63, 3.8) is 0 Å². The van der Waals surface area contributed by atoms with E-state index >= 15 is 0 Å². The number of anilines is 1. The number of carbonyl (C=O) groups is 1. The van der Waals surface area contributed by atoms with Crippen LogP contribution in [-0.4, -0.2) is 10.5 Å². The molecule has 3 rings (SSSR count). The lowest BCUT2D eigenvalue weighted by molar-refractivity contribution is 0.102. The Morgan fingerprint density at radius 3 is 2.54 bits per heavy atom. The van der Waals surface area contributed by atoms with Crippen LogP contribution in [0.5, 0.6) is 0 Å². The van der Waals surface area contributed by atoms with Crippen LogP contribution in [0.2, 0.25) is 5.02 Å². The number of pyridine rings is 1. The molecule has 0 aliphatic rings. The highest BCUT2D eigenvalue weighted by Crippen LogP contribution is 2.16. The highest BCUT2D eigenvalue weighted by atomic mass is 35.5. The zero-order chi connectivity index (χ0) is 18.7. The lowest BCUT2D eigenvalue weighted by Gasteiger charge is -2.10. The SMILES string of the molecule is O=C(Nc1ccc(F)c(F)c1)c1cccn(Cc2ccccc2Cl)c1=O. The second kappa shape index (κ2) is 7.49. The minimum atomic E-state index is -1.09. The summed E-state index contributed by atoms with van der Waals surface area (Å²) in [5, 5.41) is 2.89. The molecule has 1 N–H and O–H groups in total. The molecule has 0 aliphatic heterocycles. The van der Waals surface area contributed by atoms with Crippen molar-refractivity contribution in [1.82, 2.24) is 4.57 Å². The first-order chi connectivity index (χ1) is 12.5. The van der Waals surface area contributed by atoms with Gasteiger partial charge in [-0.05, 0) is 35.9 Å². The van der Waals surface area contributed by atoms with Gasteiger partial charge >= 0.3 is 0 Å². The van der Waals surface area contributed by atoms with Gasteiger partial charge in [0.25, 0.3) is 11.5 Å². The van der Waals surface area contributed by atoms with Crippen LogP contribution in [0.25, 0.3) is 0 Å². The Bertz CT molecular complexity index is 1030. The number of amides is 1. The van der Waals surface area contributed by atoms with Crippen molar-refractivity contribution in [3.05, 3.63) is 98.9 Å². The van der Waals surface area contributed by atoms with Gasteiger partial charge in [0.1, 0.15) is 5.56 Å². The smallest absolute Gasteiger partial charge is 0.263 e. The first-order valence-electron chi connectivity index (χ1n) is 7.65. The fourth-order valence-corrected chi connectivity index (χ4v) is 2.61. The van der Waals surface area contributed by atoms with Gasteiger partial charge in [-0.1, -0.05) is 29.8 Å². The molecule has 1 heterocycles. The summed E-state index contributed by atoms with van der Waals surface area (Å²) in [7, 11) is 0. The maximum Gasteiger partial charge on any atom is 0.263 e. The first-order valence-corrected chi connectivity index (χ1v) is 8.03. The van der Waals surface area contributed by atoms with Gasteiger partial charge in [-0.15, -0.1) is 0 Å². The monoisotopic (exact) mass is 374 g/mol. The van der Waals surface area contributed by atoms with Crippen molar-refractivity contribution in [1.29, 1.82) is 0 Å². The van der Waals surface area contributed by atoms with E-state index in [1.165, 1.54) is 16.7 Å². The van der Waals surface area contributed by atoms with Gasteiger partial charge in [0.2, 0.25) is 0 Å². The molecule has 0 radical (unpaired) electrons. The molecule has 1 amide bonds. The molecule has 0 unspecified atom stereocenters. The molecule has 0 spiro atoms. The predicted molar refractivity (Wildman–Crippen MR) is 95.6 cm³/mol. The molecular weight excluding hydrogens is 362 g/mol. The Balaban J connectivity index is 1.86. The fraction of sp³-hybridized carbons (Fsp3) is 0.0526. The topological polar surface area (TPSA) is 51.1 Å². The van der Waals surface area contributed by atoms with Gasteiger partial charge in [-0.3, -0.25) is 9.59 Å². The van der Waals surface area contributed by atoms with E-state index in [2.05, 4.69) is 5.32 Å². The number of benzene rings is 2. The number of carbonyl (C=O) groups excluding carboxylic acids is 1. The lowest BCUT2D eigenvalue weighted by Crippen LogP contribution is -2.29. The largest absolute Gasteiger partial charge is 0.322 e. The van der Waals surface area contributed by atoms with Crippen LogP contribution in [0.3, 0.4) is 0 Å². The summed E-state index contributed by atoms with van der Waals surface area (Å²) >= 11 is 6.10. The zero-order valence-electron chi connectivity index (χ0n) is 13.4. The van der Waals surface area contributed by atoms with Crippen LogP contribution in [0.4, 0.5) is 14.5 Å². The van der Waals surface area contributed by atoms with E-state index in [9.17, 15) is 18.4 Å². The second-order valence-corrected chi connectivity index (χ2v) is 5.94.